The highest BCUT2D eigenvalue weighted by atomic mass is 32.2. The molecule has 4 rings (SSSR count). The number of amides is 2. The molecule has 1 aliphatic rings. The number of rotatable bonds is 7. The number of nitrogens with zero attached hydrogens (tertiary/aromatic N) is 4. The van der Waals surface area contributed by atoms with Gasteiger partial charge >= 0.3 is 0 Å². The van der Waals surface area contributed by atoms with Gasteiger partial charge in [0.05, 0.1) is 11.4 Å². The molecule has 2 heterocycles. The Balaban J connectivity index is 1.48. The van der Waals surface area contributed by atoms with Crippen molar-refractivity contribution < 1.29 is 9.59 Å². The summed E-state index contributed by atoms with van der Waals surface area (Å²) in [7, 11) is 1.58. The predicted molar refractivity (Wildman–Crippen MR) is 131 cm³/mol. The summed E-state index contributed by atoms with van der Waals surface area (Å²) in [6.45, 7) is 3.98. The van der Waals surface area contributed by atoms with Crippen LogP contribution in [0.25, 0.3) is 5.69 Å². The van der Waals surface area contributed by atoms with E-state index in [4.69, 9.17) is 0 Å². The van der Waals surface area contributed by atoms with E-state index in [1.807, 2.05) is 4.57 Å². The zero-order valence-electron chi connectivity index (χ0n) is 18.9. The third-order valence-electron chi connectivity index (χ3n) is 5.54. The van der Waals surface area contributed by atoms with Gasteiger partial charge < -0.3 is 15.5 Å². The first-order chi connectivity index (χ1) is 16.0. The molecule has 0 bridgehead atoms. The van der Waals surface area contributed by atoms with Crippen molar-refractivity contribution in [3.8, 4) is 5.69 Å². The second-order valence-corrected chi connectivity index (χ2v) is 8.94. The predicted octanol–water partition coefficient (Wildman–Crippen LogP) is 3.66. The zero-order chi connectivity index (χ0) is 23.2. The highest BCUT2D eigenvalue weighted by Crippen LogP contribution is 2.28. The van der Waals surface area contributed by atoms with Crippen LogP contribution in [0.3, 0.4) is 0 Å². The summed E-state index contributed by atoms with van der Waals surface area (Å²) in [6.07, 6.45) is 3.52. The lowest BCUT2D eigenvalue weighted by atomic mass is 10.1. The van der Waals surface area contributed by atoms with E-state index in [0.717, 1.165) is 37.6 Å². The number of hydrogen-bond acceptors (Lipinski definition) is 6. The van der Waals surface area contributed by atoms with Crippen molar-refractivity contribution in [2.24, 2.45) is 0 Å². The minimum absolute atomic E-state index is 0.148. The maximum absolute atomic E-state index is 12.6. The maximum Gasteiger partial charge on any atom is 0.251 e. The fraction of sp³-hybridized carbons (Fsp3) is 0.333. The second-order valence-electron chi connectivity index (χ2n) is 7.99. The summed E-state index contributed by atoms with van der Waals surface area (Å²) in [4.78, 5) is 26.5. The Morgan fingerprint density at radius 2 is 1.67 bits per heavy atom. The van der Waals surface area contributed by atoms with Gasteiger partial charge in [-0.25, -0.2) is 0 Å². The molecule has 0 saturated carbocycles. The average Bonchev–Trinajstić information content (AvgIpc) is 3.28. The molecule has 0 atom stereocenters. The van der Waals surface area contributed by atoms with E-state index >= 15 is 0 Å². The third-order valence-corrected chi connectivity index (χ3v) is 6.47. The Labute approximate surface area is 197 Å². The molecule has 3 aromatic rings. The van der Waals surface area contributed by atoms with Crippen LogP contribution < -0.4 is 15.5 Å². The van der Waals surface area contributed by atoms with Crippen LogP contribution in [-0.2, 0) is 4.79 Å². The first-order valence-electron chi connectivity index (χ1n) is 11.1. The van der Waals surface area contributed by atoms with Gasteiger partial charge in [0.2, 0.25) is 11.9 Å². The molecular weight excluding hydrogens is 436 g/mol. The Hall–Kier alpha value is -3.33. The molecule has 0 unspecified atom stereocenters. The van der Waals surface area contributed by atoms with Gasteiger partial charge in [-0.2, -0.15) is 0 Å². The van der Waals surface area contributed by atoms with Crippen molar-refractivity contribution in [2.45, 2.75) is 31.3 Å². The van der Waals surface area contributed by atoms with E-state index in [1.54, 1.807) is 31.3 Å². The molecule has 2 amide bonds. The fourth-order valence-electron chi connectivity index (χ4n) is 3.75. The molecular formula is C24H28N6O2S. The Bertz CT molecular complexity index is 1100. The summed E-state index contributed by atoms with van der Waals surface area (Å²) in [6, 6.07) is 15.1. The number of aryl methyl sites for hydroxylation is 1. The molecule has 0 radical (unpaired) electrons. The second kappa shape index (κ2) is 10.5. The molecule has 9 heteroatoms. The standard InChI is InChI=1S/C24H28N6O2S/c1-17-6-12-20(13-7-17)30-23(29-14-4-3-5-15-29)27-28-24(30)33-16-21(31)26-19-10-8-18(9-11-19)22(32)25-2/h6-13H,3-5,14-16H2,1-2H3,(H,25,32)(H,26,31). The van der Waals surface area contributed by atoms with Gasteiger partial charge in [-0.3, -0.25) is 14.2 Å². The highest BCUT2D eigenvalue weighted by molar-refractivity contribution is 7.99. The first kappa shape index (κ1) is 22.8. The number of hydrogen-bond donors (Lipinski definition) is 2. The van der Waals surface area contributed by atoms with Crippen molar-refractivity contribution in [3.63, 3.8) is 0 Å². The summed E-state index contributed by atoms with van der Waals surface area (Å²) in [5.74, 6) is 0.710. The zero-order valence-corrected chi connectivity index (χ0v) is 19.7. The number of carbonyl (C=O) groups is 2. The molecule has 1 aromatic heterocycles. The number of anilines is 2. The van der Waals surface area contributed by atoms with Crippen LogP contribution in [0.5, 0.6) is 0 Å². The van der Waals surface area contributed by atoms with Crippen LogP contribution in [0.2, 0.25) is 0 Å². The van der Waals surface area contributed by atoms with Crippen molar-refractivity contribution in [2.75, 3.05) is 36.1 Å². The molecule has 33 heavy (non-hydrogen) atoms. The van der Waals surface area contributed by atoms with E-state index in [2.05, 4.69) is 56.9 Å². The molecule has 2 N–H and O–H groups in total. The highest BCUT2D eigenvalue weighted by Gasteiger charge is 2.22. The quantitative estimate of drug-likeness (QED) is 0.519. The SMILES string of the molecule is CNC(=O)c1ccc(NC(=O)CSc2nnc(N3CCCCC3)n2-c2ccc(C)cc2)cc1. The number of carbonyl (C=O) groups excluding carboxylic acids is 2. The van der Waals surface area contributed by atoms with Gasteiger partial charge in [-0.05, 0) is 62.6 Å². The fourth-order valence-corrected chi connectivity index (χ4v) is 4.50. The smallest absolute Gasteiger partial charge is 0.251 e. The number of nitrogens with one attached hydrogen (secondary N) is 2. The van der Waals surface area contributed by atoms with Gasteiger partial charge in [-0.15, -0.1) is 10.2 Å². The lowest BCUT2D eigenvalue weighted by Gasteiger charge is -2.27. The lowest BCUT2D eigenvalue weighted by molar-refractivity contribution is -0.113. The van der Waals surface area contributed by atoms with Crippen molar-refractivity contribution in [3.05, 3.63) is 59.7 Å². The Morgan fingerprint density at radius 3 is 2.33 bits per heavy atom. The molecule has 1 fully saturated rings. The van der Waals surface area contributed by atoms with E-state index in [0.29, 0.717) is 16.4 Å². The average molecular weight is 465 g/mol. The lowest BCUT2D eigenvalue weighted by Crippen LogP contribution is -2.31. The van der Waals surface area contributed by atoms with E-state index in [-0.39, 0.29) is 17.6 Å². The summed E-state index contributed by atoms with van der Waals surface area (Å²) >= 11 is 1.36. The molecule has 1 aliphatic heterocycles. The Kier molecular flexibility index (Phi) is 7.29. The normalized spacial score (nSPS) is 13.6. The molecule has 172 valence electrons. The topological polar surface area (TPSA) is 92.2 Å². The number of thioether (sulfide) groups is 1. The minimum Gasteiger partial charge on any atom is -0.355 e. The van der Waals surface area contributed by atoms with E-state index < -0.39 is 0 Å². The number of aromatic nitrogens is 3. The molecule has 0 aliphatic carbocycles. The van der Waals surface area contributed by atoms with Crippen molar-refractivity contribution in [1.29, 1.82) is 0 Å². The van der Waals surface area contributed by atoms with Gasteiger partial charge in [0.15, 0.2) is 5.16 Å². The molecule has 1 saturated heterocycles. The third kappa shape index (κ3) is 5.54. The minimum atomic E-state index is -0.164. The largest absolute Gasteiger partial charge is 0.355 e. The van der Waals surface area contributed by atoms with Crippen LogP contribution in [0.1, 0.15) is 35.2 Å². The summed E-state index contributed by atoms with van der Waals surface area (Å²) in [5, 5.41) is 15.0. The van der Waals surface area contributed by atoms with Gasteiger partial charge in [0.1, 0.15) is 0 Å². The molecule has 0 spiro atoms. The van der Waals surface area contributed by atoms with Gasteiger partial charge in [0.25, 0.3) is 5.91 Å². The summed E-state index contributed by atoms with van der Waals surface area (Å²) < 4.78 is 2.04. The first-order valence-corrected chi connectivity index (χ1v) is 12.1. The van der Waals surface area contributed by atoms with Crippen LogP contribution in [0.4, 0.5) is 11.6 Å². The Morgan fingerprint density at radius 1 is 0.970 bits per heavy atom. The van der Waals surface area contributed by atoms with Crippen LogP contribution >= 0.6 is 11.8 Å². The van der Waals surface area contributed by atoms with Crippen LogP contribution in [0.15, 0.2) is 53.7 Å². The molecule has 2 aromatic carbocycles. The van der Waals surface area contributed by atoms with E-state index in [9.17, 15) is 9.59 Å². The van der Waals surface area contributed by atoms with Gasteiger partial charge in [-0.1, -0.05) is 29.5 Å². The maximum atomic E-state index is 12.6. The monoisotopic (exact) mass is 464 g/mol. The number of piperidine rings is 1. The number of benzene rings is 2. The van der Waals surface area contributed by atoms with Crippen LogP contribution in [0, 0.1) is 6.92 Å². The van der Waals surface area contributed by atoms with Crippen molar-refractivity contribution in [1.82, 2.24) is 20.1 Å². The summed E-state index contributed by atoms with van der Waals surface area (Å²) in [5.41, 5.74) is 3.35. The van der Waals surface area contributed by atoms with Crippen molar-refractivity contribution >= 4 is 35.2 Å². The van der Waals surface area contributed by atoms with Crippen LogP contribution in [-0.4, -0.2) is 52.5 Å². The molecule has 8 nitrogen and oxygen atoms in total. The van der Waals surface area contributed by atoms with E-state index in [1.165, 1.54) is 23.7 Å². The van der Waals surface area contributed by atoms with Gasteiger partial charge in [0, 0.05) is 31.4 Å².